The topological polar surface area (TPSA) is 59.4 Å². The molecule has 0 fully saturated rings. The Morgan fingerprint density at radius 1 is 1.45 bits per heavy atom. The van der Waals surface area contributed by atoms with Gasteiger partial charge in [0.05, 0.1) is 10.9 Å². The van der Waals surface area contributed by atoms with Gasteiger partial charge in [0, 0.05) is 5.39 Å². The van der Waals surface area contributed by atoms with E-state index in [1.54, 1.807) is 0 Å². The van der Waals surface area contributed by atoms with Gasteiger partial charge >= 0.3 is 5.97 Å². The number of carboxylic acids is 1. The number of para-hydroxylation sites is 1. The van der Waals surface area contributed by atoms with Gasteiger partial charge in [-0.1, -0.05) is 24.1 Å². The molecule has 2 heterocycles. The monoisotopic (exact) mass is 283 g/mol. The van der Waals surface area contributed by atoms with Gasteiger partial charge in [-0.05, 0) is 12.1 Å². The van der Waals surface area contributed by atoms with Crippen LogP contribution in [0.2, 0.25) is 0 Å². The molecule has 0 aliphatic carbocycles. The van der Waals surface area contributed by atoms with E-state index in [0.717, 1.165) is 22.2 Å². The molecule has 0 amide bonds. The van der Waals surface area contributed by atoms with E-state index in [4.69, 9.17) is 11.2 Å². The second-order valence-electron chi connectivity index (χ2n) is 4.09. The van der Waals surface area contributed by atoms with E-state index >= 15 is 0 Å². The van der Waals surface area contributed by atoms with Crippen LogP contribution in [-0.4, -0.2) is 22.7 Å². The van der Waals surface area contributed by atoms with Crippen LogP contribution in [0.3, 0.4) is 0 Å². The number of hydrogen-bond acceptors (Lipinski definition) is 4. The fourth-order valence-corrected chi connectivity index (χ4v) is 2.95. The summed E-state index contributed by atoms with van der Waals surface area (Å²) in [4.78, 5) is 16.5. The molecular weight excluding hydrogens is 274 g/mol. The van der Waals surface area contributed by atoms with E-state index < -0.39 is 5.97 Å². The molecule has 5 heteroatoms. The van der Waals surface area contributed by atoms with Crippen LogP contribution in [0.4, 0.5) is 0 Å². The highest BCUT2D eigenvalue weighted by atomic mass is 32.1. The van der Waals surface area contributed by atoms with Gasteiger partial charge in [0.2, 0.25) is 0 Å². The summed E-state index contributed by atoms with van der Waals surface area (Å²) in [7, 11) is 0. The lowest BCUT2D eigenvalue weighted by Crippen LogP contribution is -1.99. The first kappa shape index (κ1) is 12.5. The summed E-state index contributed by atoms with van der Waals surface area (Å²) in [5.41, 5.74) is 0.821. The zero-order valence-corrected chi connectivity index (χ0v) is 11.1. The quantitative estimate of drug-likeness (QED) is 0.750. The minimum atomic E-state index is -1.04. The predicted molar refractivity (Wildman–Crippen MR) is 78.4 cm³/mol. The van der Waals surface area contributed by atoms with Crippen LogP contribution in [0.25, 0.3) is 21.1 Å². The molecule has 0 saturated carbocycles. The van der Waals surface area contributed by atoms with Crippen molar-refractivity contribution in [3.8, 4) is 18.1 Å². The highest BCUT2D eigenvalue weighted by Gasteiger charge is 2.20. The van der Waals surface area contributed by atoms with Gasteiger partial charge in [-0.2, -0.15) is 0 Å². The lowest BCUT2D eigenvalue weighted by Gasteiger charge is -2.02. The molecule has 3 rings (SSSR count). The molecule has 0 aliphatic heterocycles. The van der Waals surface area contributed by atoms with E-state index in [9.17, 15) is 9.90 Å². The van der Waals surface area contributed by atoms with Crippen molar-refractivity contribution < 1.29 is 14.6 Å². The summed E-state index contributed by atoms with van der Waals surface area (Å²) in [6.45, 7) is 0.0267. The Labute approximate surface area is 118 Å². The van der Waals surface area contributed by atoms with Crippen molar-refractivity contribution in [2.45, 2.75) is 0 Å². The van der Waals surface area contributed by atoms with Gasteiger partial charge in [-0.25, -0.2) is 9.78 Å². The van der Waals surface area contributed by atoms with E-state index in [1.807, 2.05) is 30.3 Å². The van der Waals surface area contributed by atoms with Crippen molar-refractivity contribution in [3.05, 3.63) is 35.2 Å². The number of thiophene rings is 1. The van der Waals surface area contributed by atoms with Crippen molar-refractivity contribution in [2.24, 2.45) is 0 Å². The Bertz CT molecular complexity index is 861. The van der Waals surface area contributed by atoms with Crippen LogP contribution < -0.4 is 4.74 Å². The highest BCUT2D eigenvalue weighted by Crippen LogP contribution is 2.38. The number of fused-ring (bicyclic) bond motifs is 2. The SMILES string of the molecule is C#CCOc1c(C(=O)O)sc2nc3ccccc3cc12. The maximum atomic E-state index is 11.3. The Morgan fingerprint density at radius 3 is 3.00 bits per heavy atom. The average molecular weight is 283 g/mol. The number of aromatic nitrogens is 1. The van der Waals surface area contributed by atoms with Gasteiger partial charge in [0.15, 0.2) is 10.6 Å². The van der Waals surface area contributed by atoms with Crippen molar-refractivity contribution in [2.75, 3.05) is 6.61 Å². The Kier molecular flexibility index (Phi) is 3.01. The number of benzene rings is 1. The number of nitrogens with zero attached hydrogens (tertiary/aromatic N) is 1. The molecule has 20 heavy (non-hydrogen) atoms. The van der Waals surface area contributed by atoms with Crippen LogP contribution >= 0.6 is 11.3 Å². The highest BCUT2D eigenvalue weighted by molar-refractivity contribution is 7.20. The summed E-state index contributed by atoms with van der Waals surface area (Å²) >= 11 is 1.09. The molecule has 0 bridgehead atoms. The van der Waals surface area contributed by atoms with Gasteiger partial charge in [-0.3, -0.25) is 0 Å². The summed E-state index contributed by atoms with van der Waals surface area (Å²) in [5.74, 6) is 1.60. The fourth-order valence-electron chi connectivity index (χ4n) is 2.00. The number of aromatic carboxylic acids is 1. The first-order chi connectivity index (χ1) is 9.70. The van der Waals surface area contributed by atoms with Crippen molar-refractivity contribution in [1.82, 2.24) is 4.98 Å². The fraction of sp³-hybridized carbons (Fsp3) is 0.0667. The Morgan fingerprint density at radius 2 is 2.25 bits per heavy atom. The molecule has 0 radical (unpaired) electrons. The minimum Gasteiger partial charge on any atom is -0.478 e. The van der Waals surface area contributed by atoms with Gasteiger partial charge in [0.1, 0.15) is 11.4 Å². The third kappa shape index (κ3) is 1.96. The normalized spacial score (nSPS) is 10.6. The minimum absolute atomic E-state index is 0.0267. The number of ether oxygens (including phenoxy) is 1. The summed E-state index contributed by atoms with van der Waals surface area (Å²) < 4.78 is 5.40. The molecular formula is C15H9NO3S. The van der Waals surface area contributed by atoms with E-state index in [-0.39, 0.29) is 11.5 Å². The predicted octanol–water partition coefficient (Wildman–Crippen LogP) is 3.16. The van der Waals surface area contributed by atoms with E-state index in [2.05, 4.69) is 10.9 Å². The Hall–Kier alpha value is -2.58. The van der Waals surface area contributed by atoms with Crippen LogP contribution in [-0.2, 0) is 0 Å². The second-order valence-corrected chi connectivity index (χ2v) is 5.09. The van der Waals surface area contributed by atoms with Crippen LogP contribution in [0.5, 0.6) is 5.75 Å². The first-order valence-electron chi connectivity index (χ1n) is 5.82. The molecule has 0 atom stereocenters. The van der Waals surface area contributed by atoms with Crippen molar-refractivity contribution >= 4 is 38.4 Å². The number of rotatable bonds is 3. The lowest BCUT2D eigenvalue weighted by molar-refractivity contribution is 0.0699. The maximum absolute atomic E-state index is 11.3. The number of carbonyl (C=O) groups is 1. The van der Waals surface area contributed by atoms with Crippen LogP contribution in [0, 0.1) is 12.3 Å². The molecule has 0 unspecified atom stereocenters. The number of hydrogen-bond donors (Lipinski definition) is 1. The van der Waals surface area contributed by atoms with Gasteiger partial charge < -0.3 is 9.84 Å². The molecule has 0 aliphatic rings. The summed E-state index contributed by atoms with van der Waals surface area (Å²) in [5, 5.41) is 10.9. The van der Waals surface area contributed by atoms with E-state index in [0.29, 0.717) is 16.0 Å². The lowest BCUT2D eigenvalue weighted by atomic mass is 10.2. The maximum Gasteiger partial charge on any atom is 0.349 e. The average Bonchev–Trinajstić information content (AvgIpc) is 2.80. The first-order valence-corrected chi connectivity index (χ1v) is 6.64. The number of terminal acetylenes is 1. The standard InChI is InChI=1S/C15H9NO3S/c1-2-7-19-12-10-8-9-5-3-4-6-11(9)16-14(10)20-13(12)15(17)18/h1,3-6,8H,7H2,(H,17,18). The molecule has 1 N–H and O–H groups in total. The zero-order valence-electron chi connectivity index (χ0n) is 10.3. The van der Waals surface area contributed by atoms with Crippen LogP contribution in [0.1, 0.15) is 9.67 Å². The molecule has 0 saturated heterocycles. The number of pyridine rings is 1. The molecule has 4 nitrogen and oxygen atoms in total. The summed E-state index contributed by atoms with van der Waals surface area (Å²) in [6, 6.07) is 9.49. The molecule has 98 valence electrons. The van der Waals surface area contributed by atoms with Crippen LogP contribution in [0.15, 0.2) is 30.3 Å². The third-order valence-corrected chi connectivity index (χ3v) is 3.90. The third-order valence-electron chi connectivity index (χ3n) is 2.83. The largest absolute Gasteiger partial charge is 0.478 e. The molecule has 3 aromatic rings. The van der Waals surface area contributed by atoms with Gasteiger partial charge in [0.25, 0.3) is 0 Å². The molecule has 0 spiro atoms. The summed E-state index contributed by atoms with van der Waals surface area (Å²) in [6.07, 6.45) is 5.17. The van der Waals surface area contributed by atoms with Crippen molar-refractivity contribution in [3.63, 3.8) is 0 Å². The van der Waals surface area contributed by atoms with E-state index in [1.165, 1.54) is 0 Å². The van der Waals surface area contributed by atoms with Gasteiger partial charge in [-0.15, -0.1) is 17.8 Å². The van der Waals surface area contributed by atoms with Crippen molar-refractivity contribution in [1.29, 1.82) is 0 Å². The molecule has 1 aromatic carbocycles. The second kappa shape index (κ2) is 4.83. The number of carboxylic acid groups (broad SMARTS) is 1. The Balaban J connectivity index is 2.31. The molecule has 2 aromatic heterocycles. The zero-order chi connectivity index (χ0) is 14.1. The smallest absolute Gasteiger partial charge is 0.349 e.